The second-order valence-corrected chi connectivity index (χ2v) is 3.52. The molecule has 1 aromatic heterocycles. The molecule has 0 spiro atoms. The van der Waals surface area contributed by atoms with Crippen LogP contribution in [0.3, 0.4) is 0 Å². The molecule has 0 unspecified atom stereocenters. The van der Waals surface area contributed by atoms with Crippen LogP contribution in [0, 0.1) is 0 Å². The van der Waals surface area contributed by atoms with Crippen molar-refractivity contribution in [1.29, 1.82) is 0 Å². The molecule has 0 N–H and O–H groups in total. The van der Waals surface area contributed by atoms with Gasteiger partial charge in [0.25, 0.3) is 5.24 Å². The minimum atomic E-state index is -0.839. The third-order valence-corrected chi connectivity index (χ3v) is 2.69. The average molecular weight is 221 g/mol. The van der Waals surface area contributed by atoms with Gasteiger partial charge in [-0.3, -0.25) is 4.79 Å². The lowest BCUT2D eigenvalue weighted by Gasteiger charge is -1.91. The van der Waals surface area contributed by atoms with E-state index in [1.54, 1.807) is 11.4 Å². The van der Waals surface area contributed by atoms with Gasteiger partial charge in [0.1, 0.15) is 11.5 Å². The molecular formula is C7H2Cl2O2S. The maximum Gasteiger partial charge on any atom is 0.265 e. The van der Waals surface area contributed by atoms with Crippen LogP contribution in [-0.2, 0) is 9.59 Å². The predicted octanol–water partition coefficient (Wildman–Crippen LogP) is 2.38. The Bertz CT molecular complexity index is 363. The highest BCUT2D eigenvalue weighted by Gasteiger charge is 2.15. The fourth-order valence-corrected chi connectivity index (χ4v) is 1.98. The van der Waals surface area contributed by atoms with Crippen molar-refractivity contribution in [2.45, 2.75) is 0 Å². The van der Waals surface area contributed by atoms with Gasteiger partial charge in [-0.15, -0.1) is 11.3 Å². The summed E-state index contributed by atoms with van der Waals surface area (Å²) in [4.78, 5) is 21.3. The molecule has 12 heavy (non-hydrogen) atoms. The number of hydrogen-bond donors (Lipinski definition) is 0. The maximum absolute atomic E-state index is 10.6. The van der Waals surface area contributed by atoms with Crippen molar-refractivity contribution in [3.63, 3.8) is 0 Å². The minimum Gasteiger partial charge on any atom is -0.275 e. The summed E-state index contributed by atoms with van der Waals surface area (Å²) in [5.41, 5.74) is -0.211. The molecular weight excluding hydrogens is 219 g/mol. The first-order valence-corrected chi connectivity index (χ1v) is 4.48. The van der Waals surface area contributed by atoms with Gasteiger partial charge in [0.15, 0.2) is 0 Å². The van der Waals surface area contributed by atoms with Crippen molar-refractivity contribution >= 4 is 51.3 Å². The second-order valence-electron chi connectivity index (χ2n) is 1.85. The summed E-state index contributed by atoms with van der Waals surface area (Å²) in [5.74, 6) is 1.46. The minimum absolute atomic E-state index is 0.211. The van der Waals surface area contributed by atoms with Crippen LogP contribution in [0.2, 0.25) is 5.02 Å². The lowest BCUT2D eigenvalue weighted by Crippen LogP contribution is -1.91. The highest BCUT2D eigenvalue weighted by atomic mass is 35.5. The number of allylic oxidation sites excluding steroid dienone is 1. The summed E-state index contributed by atoms with van der Waals surface area (Å²) in [6.07, 6.45) is 0. The van der Waals surface area contributed by atoms with Crippen LogP contribution >= 0.6 is 34.5 Å². The topological polar surface area (TPSA) is 34.1 Å². The van der Waals surface area contributed by atoms with Crippen LogP contribution in [0.1, 0.15) is 4.88 Å². The van der Waals surface area contributed by atoms with Gasteiger partial charge >= 0.3 is 0 Å². The first-order valence-electron chi connectivity index (χ1n) is 2.85. The van der Waals surface area contributed by atoms with E-state index in [-0.39, 0.29) is 5.57 Å². The fraction of sp³-hybridized carbons (Fsp3) is 0. The monoisotopic (exact) mass is 220 g/mol. The van der Waals surface area contributed by atoms with Gasteiger partial charge in [0, 0.05) is 0 Å². The summed E-state index contributed by atoms with van der Waals surface area (Å²) in [6.45, 7) is 0. The van der Waals surface area contributed by atoms with E-state index in [4.69, 9.17) is 23.2 Å². The summed E-state index contributed by atoms with van der Waals surface area (Å²) in [7, 11) is 0. The van der Waals surface area contributed by atoms with Gasteiger partial charge in [-0.2, -0.15) is 0 Å². The van der Waals surface area contributed by atoms with Crippen LogP contribution in [0.25, 0.3) is 5.57 Å². The first-order chi connectivity index (χ1) is 5.66. The molecule has 0 aromatic carbocycles. The third kappa shape index (κ3) is 1.76. The molecule has 1 rings (SSSR count). The Morgan fingerprint density at radius 2 is 2.25 bits per heavy atom. The Kier molecular flexibility index (Phi) is 3.06. The normalized spacial score (nSPS) is 9.17. The Balaban J connectivity index is 3.22. The molecule has 0 bridgehead atoms. The Morgan fingerprint density at radius 3 is 2.58 bits per heavy atom. The number of carbonyl (C=O) groups is 1. The Morgan fingerprint density at radius 1 is 1.58 bits per heavy atom. The molecule has 0 aliphatic carbocycles. The number of thiophene rings is 1. The molecule has 0 atom stereocenters. The van der Waals surface area contributed by atoms with Gasteiger partial charge in [-0.05, 0) is 23.0 Å². The van der Waals surface area contributed by atoms with E-state index in [9.17, 15) is 9.59 Å². The smallest absolute Gasteiger partial charge is 0.265 e. The van der Waals surface area contributed by atoms with Crippen molar-refractivity contribution in [2.24, 2.45) is 0 Å². The van der Waals surface area contributed by atoms with Crippen LogP contribution in [0.5, 0.6) is 0 Å². The number of rotatable bonds is 2. The van der Waals surface area contributed by atoms with Crippen molar-refractivity contribution in [3.05, 3.63) is 21.3 Å². The zero-order chi connectivity index (χ0) is 9.14. The van der Waals surface area contributed by atoms with E-state index >= 15 is 0 Å². The van der Waals surface area contributed by atoms with Gasteiger partial charge < -0.3 is 0 Å². The molecule has 0 saturated carbocycles. The van der Waals surface area contributed by atoms with E-state index in [0.717, 1.165) is 0 Å². The van der Waals surface area contributed by atoms with E-state index in [1.807, 2.05) is 0 Å². The summed E-state index contributed by atoms with van der Waals surface area (Å²) < 4.78 is 0. The number of hydrogen-bond acceptors (Lipinski definition) is 3. The average Bonchev–Trinajstić information content (AvgIpc) is 2.38. The zero-order valence-electron chi connectivity index (χ0n) is 5.64. The highest BCUT2D eigenvalue weighted by molar-refractivity contribution is 7.13. The van der Waals surface area contributed by atoms with Gasteiger partial charge in [0.05, 0.1) is 9.90 Å². The van der Waals surface area contributed by atoms with E-state index < -0.39 is 5.24 Å². The molecule has 0 fully saturated rings. The van der Waals surface area contributed by atoms with Crippen LogP contribution < -0.4 is 0 Å². The van der Waals surface area contributed by atoms with Gasteiger partial charge in [-0.1, -0.05) is 11.6 Å². The van der Waals surface area contributed by atoms with Crippen LogP contribution in [0.4, 0.5) is 0 Å². The summed E-state index contributed by atoms with van der Waals surface area (Å²) in [6, 6.07) is 1.58. The lowest BCUT2D eigenvalue weighted by molar-refractivity contribution is -0.106. The maximum atomic E-state index is 10.6. The molecule has 0 radical (unpaired) electrons. The highest BCUT2D eigenvalue weighted by Crippen LogP contribution is 2.28. The molecule has 0 aliphatic rings. The Hall–Kier alpha value is -0.600. The second kappa shape index (κ2) is 3.87. The molecule has 0 saturated heterocycles. The van der Waals surface area contributed by atoms with Crippen molar-refractivity contribution in [2.75, 3.05) is 0 Å². The largest absolute Gasteiger partial charge is 0.275 e. The quantitative estimate of drug-likeness (QED) is 0.436. The predicted molar refractivity (Wildman–Crippen MR) is 49.3 cm³/mol. The van der Waals surface area contributed by atoms with Crippen molar-refractivity contribution in [3.8, 4) is 0 Å². The summed E-state index contributed by atoms with van der Waals surface area (Å²) in [5, 5.41) is 1.16. The van der Waals surface area contributed by atoms with Crippen molar-refractivity contribution in [1.82, 2.24) is 0 Å². The lowest BCUT2D eigenvalue weighted by atomic mass is 10.3. The van der Waals surface area contributed by atoms with Crippen LogP contribution in [0.15, 0.2) is 11.4 Å². The van der Waals surface area contributed by atoms with E-state index in [1.165, 1.54) is 17.3 Å². The van der Waals surface area contributed by atoms with Crippen molar-refractivity contribution < 1.29 is 9.59 Å². The fourth-order valence-electron chi connectivity index (χ4n) is 0.648. The number of halogens is 2. The van der Waals surface area contributed by atoms with E-state index in [2.05, 4.69) is 0 Å². The number of carbonyl (C=O) groups excluding carboxylic acids is 2. The van der Waals surface area contributed by atoms with E-state index in [0.29, 0.717) is 9.90 Å². The molecule has 5 heteroatoms. The molecule has 0 aliphatic heterocycles. The third-order valence-electron chi connectivity index (χ3n) is 1.14. The molecule has 1 aromatic rings. The molecule has 1 heterocycles. The zero-order valence-corrected chi connectivity index (χ0v) is 7.96. The molecule has 62 valence electrons. The molecule has 0 amide bonds. The molecule has 2 nitrogen and oxygen atoms in total. The SMILES string of the molecule is O=C=C(C(=O)Cl)c1sccc1Cl. The van der Waals surface area contributed by atoms with Gasteiger partial charge in [0.2, 0.25) is 0 Å². The summed E-state index contributed by atoms with van der Waals surface area (Å²) >= 11 is 11.9. The standard InChI is InChI=1S/C7H2Cl2O2S/c8-5-1-2-12-6(5)4(3-10)7(9)11/h1-2H. The Labute approximate surface area is 82.4 Å². The first kappa shape index (κ1) is 9.49. The van der Waals surface area contributed by atoms with Crippen LogP contribution in [-0.4, -0.2) is 11.2 Å². The van der Waals surface area contributed by atoms with Gasteiger partial charge in [-0.25, -0.2) is 4.79 Å².